The van der Waals surface area contributed by atoms with E-state index in [1.54, 1.807) is 0 Å². The van der Waals surface area contributed by atoms with Crippen molar-refractivity contribution in [2.45, 2.75) is 291 Å². The number of carbonyl (C=O) groups is 3. The number of aliphatic hydroxyl groups excluding tert-OH is 9. The summed E-state index contributed by atoms with van der Waals surface area (Å²) in [6, 6.07) is 0. The van der Waals surface area contributed by atoms with Crippen LogP contribution in [0.1, 0.15) is 236 Å². The van der Waals surface area contributed by atoms with Crippen molar-refractivity contribution in [1.29, 1.82) is 0 Å². The lowest BCUT2D eigenvalue weighted by Gasteiger charge is -2.63. The summed E-state index contributed by atoms with van der Waals surface area (Å²) in [4.78, 5) is 43.5. The topological polar surface area (TPSA) is 273 Å². The van der Waals surface area contributed by atoms with Crippen LogP contribution in [0.15, 0.2) is 0 Å². The minimum absolute atomic E-state index is 0.0144. The molecule has 12 aliphatic rings. The van der Waals surface area contributed by atoms with Crippen molar-refractivity contribution in [2.75, 3.05) is 39.3 Å². The van der Waals surface area contributed by atoms with E-state index in [1.807, 2.05) is 0 Å². The highest BCUT2D eigenvalue weighted by atomic mass is 16.3. The van der Waals surface area contributed by atoms with Crippen molar-refractivity contribution in [3.8, 4) is 0 Å². The minimum Gasteiger partial charge on any atom is -0.393 e. The Morgan fingerprint density at radius 2 is 0.638 bits per heavy atom. The third-order valence-electron chi connectivity index (χ3n) is 33.3. The van der Waals surface area contributed by atoms with Gasteiger partial charge in [0.05, 0.1) is 54.9 Å². The van der Waals surface area contributed by atoms with Gasteiger partial charge in [0.25, 0.3) is 0 Å². The van der Waals surface area contributed by atoms with Crippen molar-refractivity contribution >= 4 is 17.7 Å². The molecule has 12 rings (SSSR count). The molecule has 0 bridgehead atoms. The first-order chi connectivity index (χ1) is 44.5. The smallest absolute Gasteiger partial charge is 0.220 e. The number of nitrogens with zero attached hydrogens (tertiary/aromatic N) is 1. The summed E-state index contributed by atoms with van der Waals surface area (Å²) in [6.45, 7) is 23.5. The highest BCUT2D eigenvalue weighted by Crippen LogP contribution is 2.72. The first-order valence-electron chi connectivity index (χ1n) is 39.1. The van der Waals surface area contributed by atoms with Crippen LogP contribution in [0.5, 0.6) is 0 Å². The molecule has 12 saturated carbocycles. The second-order valence-corrected chi connectivity index (χ2v) is 37.0. The minimum atomic E-state index is -0.480. The molecule has 0 aromatic carbocycles. The van der Waals surface area contributed by atoms with Crippen molar-refractivity contribution < 1.29 is 60.3 Å². The Morgan fingerprint density at radius 1 is 0.372 bits per heavy atom. The quantitative estimate of drug-likeness (QED) is 0.0513. The van der Waals surface area contributed by atoms with Crippen LogP contribution in [-0.2, 0) is 14.4 Å². The van der Waals surface area contributed by atoms with Crippen LogP contribution < -0.4 is 16.0 Å². The number of fused-ring (bicyclic) bond motifs is 15. The molecule has 16 heteroatoms. The molecule has 0 aromatic rings. The molecule has 94 heavy (non-hydrogen) atoms. The summed E-state index contributed by atoms with van der Waals surface area (Å²) in [5, 5.41) is 113. The normalized spacial score (nSPS) is 50.2. The second kappa shape index (κ2) is 27.7. The Balaban J connectivity index is 0.629. The third kappa shape index (κ3) is 12.6. The van der Waals surface area contributed by atoms with E-state index in [2.05, 4.69) is 83.2 Å². The molecule has 33 atom stereocenters. The van der Waals surface area contributed by atoms with E-state index in [9.17, 15) is 60.3 Å². The number of carbonyl (C=O) groups excluding carboxylic acids is 3. The lowest BCUT2D eigenvalue weighted by Crippen LogP contribution is -2.62. The zero-order valence-electron chi connectivity index (χ0n) is 59.6. The average molecular weight is 1320 g/mol. The van der Waals surface area contributed by atoms with Gasteiger partial charge in [-0.25, -0.2) is 0 Å². The number of hydrogen-bond donors (Lipinski definition) is 12. The summed E-state index contributed by atoms with van der Waals surface area (Å²) in [7, 11) is 0. The van der Waals surface area contributed by atoms with Gasteiger partial charge in [-0.2, -0.15) is 0 Å². The maximum atomic E-state index is 13.8. The van der Waals surface area contributed by atoms with Gasteiger partial charge in [-0.15, -0.1) is 0 Å². The van der Waals surface area contributed by atoms with Gasteiger partial charge in [0.15, 0.2) is 0 Å². The molecule has 16 nitrogen and oxygen atoms in total. The van der Waals surface area contributed by atoms with E-state index in [0.29, 0.717) is 97.1 Å². The summed E-state index contributed by atoms with van der Waals surface area (Å²) < 4.78 is 0. The predicted octanol–water partition coefficient (Wildman–Crippen LogP) is 8.77. The van der Waals surface area contributed by atoms with Gasteiger partial charge in [-0.05, 0) is 293 Å². The second-order valence-electron chi connectivity index (χ2n) is 37.0. The van der Waals surface area contributed by atoms with Crippen LogP contribution in [0.3, 0.4) is 0 Å². The Morgan fingerprint density at radius 3 is 0.904 bits per heavy atom. The largest absolute Gasteiger partial charge is 0.393 e. The molecule has 0 heterocycles. The van der Waals surface area contributed by atoms with Crippen molar-refractivity contribution in [1.82, 2.24) is 20.9 Å². The monoisotopic (exact) mass is 1320 g/mol. The number of hydrogen-bond acceptors (Lipinski definition) is 13. The summed E-state index contributed by atoms with van der Waals surface area (Å²) in [6.07, 6.45) is 17.1. The van der Waals surface area contributed by atoms with Gasteiger partial charge < -0.3 is 61.9 Å². The summed E-state index contributed by atoms with van der Waals surface area (Å²) in [5.41, 5.74) is -0.971. The molecule has 0 saturated heterocycles. The van der Waals surface area contributed by atoms with Gasteiger partial charge in [0, 0.05) is 58.5 Å². The standard InChI is InChI=1S/C78H132N4O12/c1-43(52-13-16-55-70-58(40-64(89)76(52,55)7)73(4)25-22-49(83)34-46(73)37-61(70)86)10-19-67(92)79-28-31-82(32-29-80-68(93)20-11-44(2)53-14-17-56-71-59(41-65(90)77(53,56)8)74(5)26-23-50(84)35-47(74)38-62(71)87)33-30-81-69(94)21-12-45(3)54-15-18-57-72-60(42-66(91)78(54,57)9)75(6)27-24-51(85)36-48(75)39-63(72)88/h43-66,70-72,83-91H,10-42H2,1-9H3,(H,79,92)(H,80,93)(H,81,94)/t43-,44-,45-,46+,47+,48+,49-,50-,51-,52-,53-,54-,55?,56?,57?,58?,59?,60?,61-,62-,63-,64+,65+,66+,70?,71?,72?,73+,74+,75+,76-,77-,78-/m1/s1. The molecule has 0 spiro atoms. The fourth-order valence-corrected chi connectivity index (χ4v) is 27.7. The van der Waals surface area contributed by atoms with Crippen LogP contribution in [0.4, 0.5) is 0 Å². The molecule has 536 valence electrons. The molecule has 12 aliphatic carbocycles. The highest BCUT2D eigenvalue weighted by Gasteiger charge is 2.69. The lowest BCUT2D eigenvalue weighted by molar-refractivity contribution is -0.207. The van der Waals surface area contributed by atoms with Crippen LogP contribution in [0.2, 0.25) is 0 Å². The zero-order chi connectivity index (χ0) is 67.4. The van der Waals surface area contributed by atoms with Gasteiger partial charge in [-0.3, -0.25) is 19.3 Å². The maximum absolute atomic E-state index is 13.8. The van der Waals surface area contributed by atoms with E-state index in [4.69, 9.17) is 0 Å². The van der Waals surface area contributed by atoms with E-state index in [-0.39, 0.29) is 175 Å². The summed E-state index contributed by atoms with van der Waals surface area (Å²) in [5.74, 6) is 3.89. The molecule has 12 fully saturated rings. The molecule has 9 unspecified atom stereocenters. The molecule has 12 N–H and O–H groups in total. The zero-order valence-corrected chi connectivity index (χ0v) is 59.6. The van der Waals surface area contributed by atoms with E-state index in [1.165, 1.54) is 0 Å². The number of nitrogens with one attached hydrogen (secondary N) is 3. The van der Waals surface area contributed by atoms with Crippen LogP contribution in [0.25, 0.3) is 0 Å². The van der Waals surface area contributed by atoms with E-state index >= 15 is 0 Å². The maximum Gasteiger partial charge on any atom is 0.220 e. The van der Waals surface area contributed by atoms with Crippen molar-refractivity contribution in [3.05, 3.63) is 0 Å². The molecule has 0 radical (unpaired) electrons. The number of aliphatic hydroxyl groups is 9. The lowest BCUT2D eigenvalue weighted by atomic mass is 9.43. The number of rotatable bonds is 21. The summed E-state index contributed by atoms with van der Waals surface area (Å²) >= 11 is 0. The first kappa shape index (κ1) is 71.8. The molecule has 3 amide bonds. The van der Waals surface area contributed by atoms with Gasteiger partial charge >= 0.3 is 0 Å². The fourth-order valence-electron chi connectivity index (χ4n) is 27.7. The highest BCUT2D eigenvalue weighted by molar-refractivity contribution is 5.76. The fraction of sp³-hybridized carbons (Fsp3) is 0.962. The molecule has 0 aromatic heterocycles. The molecule has 0 aliphatic heterocycles. The Bertz CT molecular complexity index is 2380. The van der Waals surface area contributed by atoms with Crippen LogP contribution in [0, 0.1) is 139 Å². The Hall–Kier alpha value is -1.99. The van der Waals surface area contributed by atoms with Crippen LogP contribution >= 0.6 is 0 Å². The number of amides is 3. The third-order valence-corrected chi connectivity index (χ3v) is 33.3. The molecular weight excluding hydrogens is 1180 g/mol. The van der Waals surface area contributed by atoms with Crippen molar-refractivity contribution in [3.63, 3.8) is 0 Å². The van der Waals surface area contributed by atoms with Gasteiger partial charge in [-0.1, -0.05) is 62.3 Å². The first-order valence-corrected chi connectivity index (χ1v) is 39.1. The Labute approximate surface area is 565 Å². The molecular formula is C78H132N4O12. The van der Waals surface area contributed by atoms with Crippen LogP contribution in [-0.4, -0.2) is 163 Å². The predicted molar refractivity (Wildman–Crippen MR) is 363 cm³/mol. The Kier molecular flexibility index (Phi) is 21.2. The van der Waals surface area contributed by atoms with E-state index in [0.717, 1.165) is 116 Å². The average Bonchev–Trinajstić information content (AvgIpc) is 1.35. The van der Waals surface area contributed by atoms with Gasteiger partial charge in [0.2, 0.25) is 17.7 Å². The van der Waals surface area contributed by atoms with E-state index < -0.39 is 36.6 Å². The van der Waals surface area contributed by atoms with Gasteiger partial charge in [0.1, 0.15) is 0 Å². The van der Waals surface area contributed by atoms with Crippen molar-refractivity contribution in [2.24, 2.45) is 139 Å². The SMILES string of the molecule is C[C@H](CCC(=O)NCCN(CCNC(=O)CC[C@@H](C)[C@H]1CCC2C3C(C[C@H](O)[C@@]21C)[C@@]1(C)CC[C@@H](O)C[C@H]1C[C@H]3O)CCNC(=O)CC[C@@H](C)[C@H]1CCC2C3C(C[C@H](O)[C@@]21C)[C@@]1(C)CC[C@@H](O)C[C@H]1C[C@H]3O)[C@H]1CCC2C3C(C[C@H](O)[C@@]21C)[C@@]1(C)CC[C@@H](O)C[C@H]1C[C@H]3O.